The van der Waals surface area contributed by atoms with E-state index < -0.39 is 0 Å². The number of carbonyl (C=O) groups excluding carboxylic acids is 2. The summed E-state index contributed by atoms with van der Waals surface area (Å²) in [7, 11) is 3.45. The third-order valence-corrected chi connectivity index (χ3v) is 5.36. The Bertz CT molecular complexity index is 1020. The molecule has 154 valence electrons. The van der Waals surface area contributed by atoms with E-state index in [-0.39, 0.29) is 11.9 Å². The van der Waals surface area contributed by atoms with E-state index in [0.29, 0.717) is 22.8 Å². The molecule has 5 nitrogen and oxygen atoms in total. The number of nitrogens with one attached hydrogen (secondary N) is 1. The highest BCUT2D eigenvalue weighted by Gasteiger charge is 2.14. The number of hydrogen-bond donors (Lipinski definition) is 1. The molecule has 0 aliphatic carbocycles. The zero-order chi connectivity index (χ0) is 21.7. The van der Waals surface area contributed by atoms with E-state index in [0.717, 1.165) is 15.7 Å². The lowest BCUT2D eigenvalue weighted by molar-refractivity contribution is 0.0993. The van der Waals surface area contributed by atoms with Gasteiger partial charge in [-0.15, -0.1) is 0 Å². The van der Waals surface area contributed by atoms with Crippen molar-refractivity contribution < 1.29 is 9.59 Å². The lowest BCUT2D eigenvalue weighted by atomic mass is 10.2. The van der Waals surface area contributed by atoms with Gasteiger partial charge in [-0.2, -0.15) is 0 Å². The summed E-state index contributed by atoms with van der Waals surface area (Å²) >= 11 is 9.28. The van der Waals surface area contributed by atoms with E-state index in [1.807, 2.05) is 24.3 Å². The molecule has 7 heteroatoms. The molecule has 0 saturated heterocycles. The molecule has 1 N–H and O–H groups in total. The monoisotopic (exact) mass is 485 g/mol. The summed E-state index contributed by atoms with van der Waals surface area (Å²) in [5.74, 6) is -0.141. The van der Waals surface area contributed by atoms with E-state index in [4.69, 9.17) is 11.6 Å². The average molecular weight is 487 g/mol. The van der Waals surface area contributed by atoms with Crippen molar-refractivity contribution in [1.82, 2.24) is 4.90 Å². The SMILES string of the molecule is CN(Cc1ccc(Br)cc1)C(=O)Nc1ccc(N(C)C(=O)c2ccc(Cl)cc2)cc1. The molecule has 3 rings (SSSR count). The van der Waals surface area contributed by atoms with Crippen LogP contribution in [0.3, 0.4) is 0 Å². The summed E-state index contributed by atoms with van der Waals surface area (Å²) in [6.45, 7) is 0.496. The first-order valence-electron chi connectivity index (χ1n) is 9.24. The first-order valence-corrected chi connectivity index (χ1v) is 10.4. The van der Waals surface area contributed by atoms with E-state index >= 15 is 0 Å². The molecule has 0 aliphatic heterocycles. The first kappa shape index (κ1) is 21.9. The molecular formula is C23H21BrClN3O2. The van der Waals surface area contributed by atoms with E-state index in [2.05, 4.69) is 21.2 Å². The molecule has 3 aromatic carbocycles. The largest absolute Gasteiger partial charge is 0.323 e. The summed E-state index contributed by atoms with van der Waals surface area (Å²) in [6.07, 6.45) is 0. The van der Waals surface area contributed by atoms with Crippen molar-refractivity contribution in [2.75, 3.05) is 24.3 Å². The molecule has 3 aromatic rings. The lowest BCUT2D eigenvalue weighted by Gasteiger charge is -2.20. The van der Waals surface area contributed by atoms with Crippen LogP contribution in [0.4, 0.5) is 16.2 Å². The number of rotatable bonds is 5. The lowest BCUT2D eigenvalue weighted by Crippen LogP contribution is -2.30. The molecular weight excluding hydrogens is 466 g/mol. The van der Waals surface area contributed by atoms with Crippen LogP contribution in [0.2, 0.25) is 5.02 Å². The normalized spacial score (nSPS) is 10.4. The Morgan fingerprint density at radius 3 is 2.10 bits per heavy atom. The second-order valence-electron chi connectivity index (χ2n) is 6.83. The molecule has 0 atom stereocenters. The smallest absolute Gasteiger partial charge is 0.321 e. The van der Waals surface area contributed by atoms with Gasteiger partial charge in [0.15, 0.2) is 0 Å². The summed E-state index contributed by atoms with van der Waals surface area (Å²) in [5.41, 5.74) is 2.96. The molecule has 0 fully saturated rings. The van der Waals surface area contributed by atoms with Gasteiger partial charge in [-0.25, -0.2) is 4.79 Å². The molecule has 0 unspecified atom stereocenters. The summed E-state index contributed by atoms with van der Waals surface area (Å²) in [6, 6.07) is 21.5. The van der Waals surface area contributed by atoms with Crippen molar-refractivity contribution in [3.8, 4) is 0 Å². The van der Waals surface area contributed by atoms with Gasteiger partial charge in [0.25, 0.3) is 5.91 Å². The summed E-state index contributed by atoms with van der Waals surface area (Å²) < 4.78 is 0.998. The number of anilines is 2. The quantitative estimate of drug-likeness (QED) is 0.478. The van der Waals surface area contributed by atoms with Crippen molar-refractivity contribution in [3.63, 3.8) is 0 Å². The van der Waals surface area contributed by atoms with Gasteiger partial charge in [-0.1, -0.05) is 39.7 Å². The number of benzene rings is 3. The summed E-state index contributed by atoms with van der Waals surface area (Å²) in [5, 5.41) is 3.45. The number of hydrogen-bond acceptors (Lipinski definition) is 2. The van der Waals surface area contributed by atoms with Gasteiger partial charge in [0, 0.05) is 47.1 Å². The fourth-order valence-electron chi connectivity index (χ4n) is 2.83. The van der Waals surface area contributed by atoms with Crippen LogP contribution in [-0.4, -0.2) is 30.9 Å². The number of halogens is 2. The van der Waals surface area contributed by atoms with Crippen LogP contribution < -0.4 is 10.2 Å². The van der Waals surface area contributed by atoms with Crippen LogP contribution in [0.1, 0.15) is 15.9 Å². The molecule has 0 aliphatic rings. The van der Waals surface area contributed by atoms with Crippen LogP contribution in [0.25, 0.3) is 0 Å². The van der Waals surface area contributed by atoms with Crippen molar-refractivity contribution in [2.45, 2.75) is 6.54 Å². The van der Waals surface area contributed by atoms with Gasteiger partial charge in [-0.05, 0) is 66.2 Å². The maximum Gasteiger partial charge on any atom is 0.321 e. The Balaban J connectivity index is 1.60. The fraction of sp³-hybridized carbons (Fsp3) is 0.130. The number of carbonyl (C=O) groups is 2. The van der Waals surface area contributed by atoms with Crippen LogP contribution >= 0.6 is 27.5 Å². The van der Waals surface area contributed by atoms with Crippen LogP contribution in [-0.2, 0) is 6.54 Å². The zero-order valence-corrected chi connectivity index (χ0v) is 18.9. The maximum atomic E-state index is 12.6. The molecule has 0 spiro atoms. The molecule has 0 bridgehead atoms. The van der Waals surface area contributed by atoms with E-state index in [9.17, 15) is 9.59 Å². The Labute approximate surface area is 189 Å². The average Bonchev–Trinajstić information content (AvgIpc) is 2.75. The minimum absolute atomic E-state index is 0.141. The second-order valence-corrected chi connectivity index (χ2v) is 8.18. The van der Waals surface area contributed by atoms with Gasteiger partial charge < -0.3 is 15.1 Å². The maximum absolute atomic E-state index is 12.6. The van der Waals surface area contributed by atoms with Gasteiger partial charge >= 0.3 is 6.03 Å². The standard InChI is InChI=1S/C23H21BrClN3O2/c1-27(15-16-3-7-18(24)8-4-16)23(30)26-20-11-13-21(14-12-20)28(2)22(29)17-5-9-19(25)10-6-17/h3-14H,15H2,1-2H3,(H,26,30). The third-order valence-electron chi connectivity index (χ3n) is 4.58. The Hall–Kier alpha value is -2.83. The highest BCUT2D eigenvalue weighted by Crippen LogP contribution is 2.20. The van der Waals surface area contributed by atoms with Gasteiger partial charge in [0.1, 0.15) is 0 Å². The third kappa shape index (κ3) is 5.62. The van der Waals surface area contributed by atoms with Gasteiger partial charge in [-0.3, -0.25) is 4.79 Å². The number of urea groups is 1. The highest BCUT2D eigenvalue weighted by atomic mass is 79.9. The predicted octanol–water partition coefficient (Wildman–Crippen LogP) is 6.04. The summed E-state index contributed by atoms with van der Waals surface area (Å²) in [4.78, 5) is 28.2. The number of amides is 3. The topological polar surface area (TPSA) is 52.7 Å². The van der Waals surface area contributed by atoms with Crippen molar-refractivity contribution in [1.29, 1.82) is 0 Å². The molecule has 30 heavy (non-hydrogen) atoms. The fourth-order valence-corrected chi connectivity index (χ4v) is 3.22. The molecule has 0 heterocycles. The Morgan fingerprint density at radius 1 is 0.900 bits per heavy atom. The highest BCUT2D eigenvalue weighted by molar-refractivity contribution is 9.10. The van der Waals surface area contributed by atoms with Gasteiger partial charge in [0.05, 0.1) is 0 Å². The Kier molecular flexibility index (Phi) is 7.13. The minimum Gasteiger partial charge on any atom is -0.323 e. The van der Waals surface area contributed by atoms with Crippen LogP contribution in [0.15, 0.2) is 77.3 Å². The molecule has 0 radical (unpaired) electrons. The van der Waals surface area contributed by atoms with Gasteiger partial charge in [0.2, 0.25) is 0 Å². The molecule has 3 amide bonds. The van der Waals surface area contributed by atoms with Crippen molar-refractivity contribution >= 4 is 50.8 Å². The Morgan fingerprint density at radius 2 is 1.50 bits per heavy atom. The van der Waals surface area contributed by atoms with Crippen molar-refractivity contribution in [3.05, 3.63) is 93.4 Å². The second kappa shape index (κ2) is 9.78. The van der Waals surface area contributed by atoms with Crippen LogP contribution in [0.5, 0.6) is 0 Å². The molecule has 0 aromatic heterocycles. The first-order chi connectivity index (χ1) is 14.3. The zero-order valence-electron chi connectivity index (χ0n) is 16.6. The predicted molar refractivity (Wildman–Crippen MR) is 125 cm³/mol. The minimum atomic E-state index is -0.212. The van der Waals surface area contributed by atoms with Crippen LogP contribution in [0, 0.1) is 0 Å². The number of nitrogens with zero attached hydrogens (tertiary/aromatic N) is 2. The van der Waals surface area contributed by atoms with E-state index in [1.165, 1.54) is 0 Å². The molecule has 0 saturated carbocycles. The van der Waals surface area contributed by atoms with E-state index in [1.54, 1.807) is 72.4 Å². The van der Waals surface area contributed by atoms with Crippen molar-refractivity contribution in [2.24, 2.45) is 0 Å².